The zero-order chi connectivity index (χ0) is 12.9. The average Bonchev–Trinajstić information content (AvgIpc) is 2.23. The van der Waals surface area contributed by atoms with E-state index in [1.54, 1.807) is 4.90 Å². The van der Waals surface area contributed by atoms with Gasteiger partial charge in [-0.15, -0.1) is 0 Å². The van der Waals surface area contributed by atoms with E-state index in [0.29, 0.717) is 5.92 Å². The first-order chi connectivity index (χ1) is 7.31. The van der Waals surface area contributed by atoms with Gasteiger partial charge >= 0.3 is 0 Å². The third kappa shape index (κ3) is 4.52. The van der Waals surface area contributed by atoms with Crippen LogP contribution < -0.4 is 5.73 Å². The molecular formula is C13H28N2O. The molecule has 0 rings (SSSR count). The Bertz CT molecular complexity index is 216. The summed E-state index contributed by atoms with van der Waals surface area (Å²) in [4.78, 5) is 13.9. The van der Waals surface area contributed by atoms with E-state index in [9.17, 15) is 4.79 Å². The van der Waals surface area contributed by atoms with E-state index < -0.39 is 0 Å². The lowest BCUT2D eigenvalue weighted by Gasteiger charge is -2.30. The highest BCUT2D eigenvalue weighted by Crippen LogP contribution is 2.13. The van der Waals surface area contributed by atoms with Crippen LogP contribution in [0.3, 0.4) is 0 Å². The SMILES string of the molecule is CCC(C)[C@H](N)C(=O)N(C)C(C)CC(C)C. The van der Waals surface area contributed by atoms with E-state index in [2.05, 4.69) is 27.7 Å². The molecule has 0 aliphatic heterocycles. The molecule has 0 saturated heterocycles. The highest BCUT2D eigenvalue weighted by molar-refractivity contribution is 5.81. The molecule has 3 nitrogen and oxygen atoms in total. The first kappa shape index (κ1) is 15.4. The predicted molar refractivity (Wildman–Crippen MR) is 69.1 cm³/mol. The summed E-state index contributed by atoms with van der Waals surface area (Å²) in [5.41, 5.74) is 5.95. The Labute approximate surface area is 100 Å². The van der Waals surface area contributed by atoms with Gasteiger partial charge in [-0.2, -0.15) is 0 Å². The van der Waals surface area contributed by atoms with Crippen molar-refractivity contribution in [3.63, 3.8) is 0 Å². The molecule has 2 N–H and O–H groups in total. The molecule has 0 heterocycles. The van der Waals surface area contributed by atoms with Crippen molar-refractivity contribution >= 4 is 5.91 Å². The van der Waals surface area contributed by atoms with Crippen LogP contribution in [0.5, 0.6) is 0 Å². The van der Waals surface area contributed by atoms with Crippen molar-refractivity contribution in [3.05, 3.63) is 0 Å². The number of nitrogens with two attached hydrogens (primary N) is 1. The van der Waals surface area contributed by atoms with Crippen molar-refractivity contribution in [2.24, 2.45) is 17.6 Å². The Balaban J connectivity index is 4.37. The van der Waals surface area contributed by atoms with Crippen LogP contribution in [0.1, 0.15) is 47.5 Å². The zero-order valence-electron chi connectivity index (χ0n) is 11.7. The van der Waals surface area contributed by atoms with Crippen molar-refractivity contribution in [1.82, 2.24) is 4.90 Å². The third-order valence-electron chi connectivity index (χ3n) is 3.36. The molecule has 0 aliphatic carbocycles. The quantitative estimate of drug-likeness (QED) is 0.758. The number of hydrogen-bond acceptors (Lipinski definition) is 2. The van der Waals surface area contributed by atoms with Gasteiger partial charge in [-0.3, -0.25) is 4.79 Å². The van der Waals surface area contributed by atoms with Gasteiger partial charge in [0.15, 0.2) is 0 Å². The first-order valence-corrected chi connectivity index (χ1v) is 6.33. The summed E-state index contributed by atoms with van der Waals surface area (Å²) in [6.45, 7) is 10.5. The number of likely N-dealkylation sites (N-methyl/N-ethyl adjacent to an activating group) is 1. The number of hydrogen-bond donors (Lipinski definition) is 1. The maximum absolute atomic E-state index is 12.1. The molecule has 0 aliphatic rings. The number of carbonyl (C=O) groups excluding carboxylic acids is 1. The van der Waals surface area contributed by atoms with Gasteiger partial charge in [0.1, 0.15) is 0 Å². The molecule has 16 heavy (non-hydrogen) atoms. The van der Waals surface area contributed by atoms with Gasteiger partial charge in [-0.1, -0.05) is 34.1 Å². The van der Waals surface area contributed by atoms with E-state index in [4.69, 9.17) is 5.73 Å². The molecule has 3 heteroatoms. The molecule has 0 fully saturated rings. The van der Waals surface area contributed by atoms with Gasteiger partial charge in [0.05, 0.1) is 6.04 Å². The maximum atomic E-state index is 12.1. The second-order valence-electron chi connectivity index (χ2n) is 5.34. The fourth-order valence-electron chi connectivity index (χ4n) is 1.79. The standard InChI is InChI=1S/C13H28N2O/c1-7-10(4)12(14)13(16)15(6)11(5)8-9(2)3/h9-12H,7-8,14H2,1-6H3/t10?,11?,12-/m0/s1. The average molecular weight is 228 g/mol. The highest BCUT2D eigenvalue weighted by atomic mass is 16.2. The van der Waals surface area contributed by atoms with Crippen LogP contribution in [0, 0.1) is 11.8 Å². The summed E-state index contributed by atoms with van der Waals surface area (Å²) >= 11 is 0. The van der Waals surface area contributed by atoms with Crippen molar-refractivity contribution in [3.8, 4) is 0 Å². The Morgan fingerprint density at radius 2 is 1.75 bits per heavy atom. The molecule has 96 valence electrons. The van der Waals surface area contributed by atoms with Crippen LogP contribution in [0.4, 0.5) is 0 Å². The van der Waals surface area contributed by atoms with E-state index in [0.717, 1.165) is 12.8 Å². The van der Waals surface area contributed by atoms with E-state index in [-0.39, 0.29) is 23.9 Å². The minimum atomic E-state index is -0.357. The summed E-state index contributed by atoms with van der Waals surface area (Å²) in [5.74, 6) is 0.925. The second kappa shape index (κ2) is 6.89. The van der Waals surface area contributed by atoms with Crippen LogP contribution in [0.25, 0.3) is 0 Å². The number of amides is 1. The molecule has 0 spiro atoms. The Morgan fingerprint density at radius 1 is 1.25 bits per heavy atom. The lowest BCUT2D eigenvalue weighted by molar-refractivity contribution is -0.134. The minimum absolute atomic E-state index is 0.0718. The summed E-state index contributed by atoms with van der Waals surface area (Å²) in [6, 6.07) is -0.0905. The largest absolute Gasteiger partial charge is 0.342 e. The summed E-state index contributed by atoms with van der Waals surface area (Å²) in [7, 11) is 1.86. The third-order valence-corrected chi connectivity index (χ3v) is 3.36. The summed E-state index contributed by atoms with van der Waals surface area (Å²) < 4.78 is 0. The number of rotatable bonds is 6. The maximum Gasteiger partial charge on any atom is 0.239 e. The first-order valence-electron chi connectivity index (χ1n) is 6.33. The van der Waals surface area contributed by atoms with E-state index in [1.165, 1.54) is 0 Å². The fraction of sp³-hybridized carbons (Fsp3) is 0.923. The molecule has 0 saturated carbocycles. The molecule has 1 amide bonds. The van der Waals surface area contributed by atoms with Gasteiger partial charge in [-0.05, 0) is 25.2 Å². The molecule has 0 aromatic carbocycles. The zero-order valence-corrected chi connectivity index (χ0v) is 11.7. The molecule has 0 bridgehead atoms. The van der Waals surface area contributed by atoms with Crippen molar-refractivity contribution in [2.75, 3.05) is 7.05 Å². The lowest BCUT2D eigenvalue weighted by atomic mass is 9.97. The van der Waals surface area contributed by atoms with Gasteiger partial charge < -0.3 is 10.6 Å². The summed E-state index contributed by atoms with van der Waals surface area (Å²) in [5, 5.41) is 0. The van der Waals surface area contributed by atoms with Crippen molar-refractivity contribution in [1.29, 1.82) is 0 Å². The Morgan fingerprint density at radius 3 is 2.12 bits per heavy atom. The Kier molecular flexibility index (Phi) is 6.65. The summed E-state index contributed by atoms with van der Waals surface area (Å²) in [6.07, 6.45) is 1.97. The van der Waals surface area contributed by atoms with E-state index >= 15 is 0 Å². The van der Waals surface area contributed by atoms with Gasteiger partial charge in [-0.25, -0.2) is 0 Å². The molecule has 0 radical (unpaired) electrons. The topological polar surface area (TPSA) is 46.3 Å². The Hall–Kier alpha value is -0.570. The van der Waals surface area contributed by atoms with Gasteiger partial charge in [0, 0.05) is 13.1 Å². The van der Waals surface area contributed by atoms with Crippen LogP contribution >= 0.6 is 0 Å². The predicted octanol–water partition coefficient (Wildman–Crippen LogP) is 2.25. The molecule has 0 aromatic rings. The number of carbonyl (C=O) groups is 1. The second-order valence-corrected chi connectivity index (χ2v) is 5.34. The van der Waals surface area contributed by atoms with Crippen molar-refractivity contribution in [2.45, 2.75) is 59.5 Å². The van der Waals surface area contributed by atoms with Crippen LogP contribution in [-0.2, 0) is 4.79 Å². The smallest absolute Gasteiger partial charge is 0.239 e. The highest BCUT2D eigenvalue weighted by Gasteiger charge is 2.25. The van der Waals surface area contributed by atoms with Crippen LogP contribution in [-0.4, -0.2) is 29.9 Å². The van der Waals surface area contributed by atoms with Crippen LogP contribution in [0.2, 0.25) is 0 Å². The van der Waals surface area contributed by atoms with Gasteiger partial charge in [0.2, 0.25) is 5.91 Å². The molecule has 3 atom stereocenters. The van der Waals surface area contributed by atoms with Crippen LogP contribution in [0.15, 0.2) is 0 Å². The fourth-order valence-corrected chi connectivity index (χ4v) is 1.79. The lowest BCUT2D eigenvalue weighted by Crippen LogP contribution is -2.48. The van der Waals surface area contributed by atoms with Crippen molar-refractivity contribution < 1.29 is 4.79 Å². The minimum Gasteiger partial charge on any atom is -0.342 e. The molecular weight excluding hydrogens is 200 g/mol. The van der Waals surface area contributed by atoms with Gasteiger partial charge in [0.25, 0.3) is 0 Å². The normalized spacial score (nSPS) is 17.0. The molecule has 0 aromatic heterocycles. The number of nitrogens with zero attached hydrogens (tertiary/aromatic N) is 1. The molecule has 2 unspecified atom stereocenters. The monoisotopic (exact) mass is 228 g/mol. The van der Waals surface area contributed by atoms with E-state index in [1.807, 2.05) is 14.0 Å².